The molecular weight excluding hydrogens is 206 g/mol. The van der Waals surface area contributed by atoms with E-state index in [1.807, 2.05) is 18.4 Å². The van der Waals surface area contributed by atoms with Gasteiger partial charge in [0.05, 0.1) is 0 Å². The van der Waals surface area contributed by atoms with Crippen LogP contribution in [0, 0.1) is 12.3 Å². The minimum absolute atomic E-state index is 0.132. The van der Waals surface area contributed by atoms with Crippen molar-refractivity contribution in [2.75, 3.05) is 6.54 Å². The maximum Gasteiger partial charge on any atom is 0.164 e. The second-order valence-corrected chi connectivity index (χ2v) is 5.72. The van der Waals surface area contributed by atoms with Gasteiger partial charge in [-0.25, -0.2) is 0 Å². The Morgan fingerprint density at radius 1 is 1.60 bits per heavy atom. The third-order valence-electron chi connectivity index (χ3n) is 3.44. The first kappa shape index (κ1) is 10.8. The average Bonchev–Trinajstić information content (AvgIpc) is 2.58. The van der Waals surface area contributed by atoms with Crippen LogP contribution in [0.4, 0.5) is 0 Å². The molecule has 82 valence electrons. The quantitative estimate of drug-likeness (QED) is 0.798. The van der Waals surface area contributed by atoms with Gasteiger partial charge in [-0.3, -0.25) is 4.79 Å². The molecule has 1 fully saturated rings. The molecule has 15 heavy (non-hydrogen) atoms. The second kappa shape index (κ2) is 4.06. The summed E-state index contributed by atoms with van der Waals surface area (Å²) in [4.78, 5) is 13.2. The van der Waals surface area contributed by atoms with Crippen molar-refractivity contribution in [2.45, 2.75) is 32.6 Å². The van der Waals surface area contributed by atoms with Crippen molar-refractivity contribution in [3.8, 4) is 0 Å². The van der Waals surface area contributed by atoms with Crippen molar-refractivity contribution in [1.29, 1.82) is 0 Å². The minimum atomic E-state index is 0.132. The summed E-state index contributed by atoms with van der Waals surface area (Å²) in [5, 5.41) is 1.96. The zero-order valence-electron chi connectivity index (χ0n) is 9.08. The highest BCUT2D eigenvalue weighted by molar-refractivity contribution is 7.10. The summed E-state index contributed by atoms with van der Waals surface area (Å²) < 4.78 is 0. The Morgan fingerprint density at radius 3 is 2.73 bits per heavy atom. The Hall–Kier alpha value is -0.670. The van der Waals surface area contributed by atoms with E-state index in [0.717, 1.165) is 18.4 Å². The van der Waals surface area contributed by atoms with Gasteiger partial charge in [-0.1, -0.05) is 6.42 Å². The van der Waals surface area contributed by atoms with Gasteiger partial charge < -0.3 is 5.73 Å². The summed E-state index contributed by atoms with van der Waals surface area (Å²) in [6, 6.07) is 1.98. The predicted molar refractivity (Wildman–Crippen MR) is 63.3 cm³/mol. The molecule has 1 aromatic rings. The van der Waals surface area contributed by atoms with Crippen LogP contribution in [-0.4, -0.2) is 12.3 Å². The molecule has 2 nitrogen and oxygen atoms in total. The highest BCUT2D eigenvalue weighted by Gasteiger charge is 2.37. The lowest BCUT2D eigenvalue weighted by atomic mass is 9.65. The van der Waals surface area contributed by atoms with Crippen LogP contribution in [0.3, 0.4) is 0 Å². The lowest BCUT2D eigenvalue weighted by molar-refractivity contribution is 0.0786. The van der Waals surface area contributed by atoms with E-state index >= 15 is 0 Å². The Morgan fingerprint density at radius 2 is 2.33 bits per heavy atom. The third kappa shape index (κ3) is 2.13. The van der Waals surface area contributed by atoms with E-state index < -0.39 is 0 Å². The van der Waals surface area contributed by atoms with Gasteiger partial charge in [-0.15, -0.1) is 11.3 Å². The molecule has 0 saturated heterocycles. The van der Waals surface area contributed by atoms with Gasteiger partial charge in [0.2, 0.25) is 0 Å². The molecule has 0 aromatic carbocycles. The number of hydrogen-bond donors (Lipinski definition) is 1. The Balaban J connectivity index is 2.03. The smallest absolute Gasteiger partial charge is 0.164 e. The van der Waals surface area contributed by atoms with E-state index in [2.05, 4.69) is 0 Å². The Labute approximate surface area is 94.5 Å². The predicted octanol–water partition coefficient (Wildman–Crippen LogP) is 2.76. The SMILES string of the molecule is Cc1cc(C(=O)CC2(CN)CCC2)cs1. The van der Waals surface area contributed by atoms with E-state index in [4.69, 9.17) is 5.73 Å². The van der Waals surface area contributed by atoms with Crippen molar-refractivity contribution in [3.05, 3.63) is 21.9 Å². The summed E-state index contributed by atoms with van der Waals surface area (Å²) in [6.45, 7) is 2.69. The van der Waals surface area contributed by atoms with Crippen molar-refractivity contribution in [1.82, 2.24) is 0 Å². The van der Waals surface area contributed by atoms with E-state index in [1.165, 1.54) is 11.3 Å². The van der Waals surface area contributed by atoms with Gasteiger partial charge in [0.15, 0.2) is 5.78 Å². The van der Waals surface area contributed by atoms with Crippen LogP contribution >= 0.6 is 11.3 Å². The van der Waals surface area contributed by atoms with Crippen molar-refractivity contribution in [2.24, 2.45) is 11.1 Å². The summed E-state index contributed by atoms with van der Waals surface area (Å²) in [5.41, 5.74) is 6.76. The van der Waals surface area contributed by atoms with Crippen LogP contribution in [-0.2, 0) is 0 Å². The number of nitrogens with two attached hydrogens (primary N) is 1. The molecule has 1 heterocycles. The lowest BCUT2D eigenvalue weighted by Crippen LogP contribution is -2.39. The molecule has 2 rings (SSSR count). The molecular formula is C12H17NOS. The fraction of sp³-hybridized carbons (Fsp3) is 0.583. The molecule has 0 spiro atoms. The molecule has 2 N–H and O–H groups in total. The van der Waals surface area contributed by atoms with Gasteiger partial charge in [0.25, 0.3) is 0 Å². The molecule has 1 aliphatic rings. The fourth-order valence-corrected chi connectivity index (χ4v) is 2.87. The molecule has 1 aliphatic carbocycles. The van der Waals surface area contributed by atoms with Crippen LogP contribution in [0.2, 0.25) is 0 Å². The summed E-state index contributed by atoms with van der Waals surface area (Å²) >= 11 is 1.64. The highest BCUT2D eigenvalue weighted by Crippen LogP contribution is 2.43. The molecule has 1 aromatic heterocycles. The van der Waals surface area contributed by atoms with Crippen molar-refractivity contribution >= 4 is 17.1 Å². The summed E-state index contributed by atoms with van der Waals surface area (Å²) in [7, 11) is 0. The minimum Gasteiger partial charge on any atom is -0.330 e. The summed E-state index contributed by atoms with van der Waals surface area (Å²) in [6.07, 6.45) is 4.11. The van der Waals surface area contributed by atoms with Gasteiger partial charge in [-0.05, 0) is 37.8 Å². The zero-order chi connectivity index (χ0) is 10.9. The van der Waals surface area contributed by atoms with Gasteiger partial charge in [0.1, 0.15) is 0 Å². The first-order chi connectivity index (χ1) is 7.15. The first-order valence-corrected chi connectivity index (χ1v) is 6.32. The standard InChI is InChI=1S/C12H17NOS/c1-9-5-10(7-15-9)11(14)6-12(8-13)3-2-4-12/h5,7H,2-4,6,8,13H2,1H3. The van der Waals surface area contributed by atoms with Gasteiger partial charge in [-0.2, -0.15) is 0 Å². The van der Waals surface area contributed by atoms with Crippen molar-refractivity contribution in [3.63, 3.8) is 0 Å². The number of aryl methyl sites for hydroxylation is 1. The number of rotatable bonds is 4. The third-order valence-corrected chi connectivity index (χ3v) is 4.30. The van der Waals surface area contributed by atoms with E-state index in [9.17, 15) is 4.79 Å². The van der Waals surface area contributed by atoms with E-state index in [1.54, 1.807) is 11.3 Å². The van der Waals surface area contributed by atoms with Crippen LogP contribution in [0.25, 0.3) is 0 Å². The molecule has 0 atom stereocenters. The van der Waals surface area contributed by atoms with E-state index in [-0.39, 0.29) is 11.2 Å². The van der Waals surface area contributed by atoms with Crippen molar-refractivity contribution < 1.29 is 4.79 Å². The topological polar surface area (TPSA) is 43.1 Å². The number of ketones is 1. The average molecular weight is 223 g/mol. The van der Waals surface area contributed by atoms with Crippen LogP contribution in [0.15, 0.2) is 11.4 Å². The molecule has 0 aliphatic heterocycles. The second-order valence-electron chi connectivity index (χ2n) is 4.60. The molecule has 0 unspecified atom stereocenters. The maximum atomic E-state index is 12.0. The molecule has 0 radical (unpaired) electrons. The Bertz CT molecular complexity index is 360. The van der Waals surface area contributed by atoms with Crippen LogP contribution < -0.4 is 5.73 Å². The lowest BCUT2D eigenvalue weighted by Gasteiger charge is -2.40. The summed E-state index contributed by atoms with van der Waals surface area (Å²) in [5.74, 6) is 0.268. The van der Waals surface area contributed by atoms with Crippen LogP contribution in [0.1, 0.15) is 40.9 Å². The fourth-order valence-electron chi connectivity index (χ4n) is 2.16. The molecule has 0 bridgehead atoms. The van der Waals surface area contributed by atoms with Gasteiger partial charge in [0, 0.05) is 22.2 Å². The maximum absolute atomic E-state index is 12.0. The first-order valence-electron chi connectivity index (χ1n) is 5.44. The molecule has 1 saturated carbocycles. The zero-order valence-corrected chi connectivity index (χ0v) is 9.90. The molecule has 0 amide bonds. The molecule has 3 heteroatoms. The van der Waals surface area contributed by atoms with E-state index in [0.29, 0.717) is 13.0 Å². The number of carbonyl (C=O) groups is 1. The number of thiophene rings is 1. The highest BCUT2D eigenvalue weighted by atomic mass is 32.1. The largest absolute Gasteiger partial charge is 0.330 e. The van der Waals surface area contributed by atoms with Gasteiger partial charge >= 0.3 is 0 Å². The normalized spacial score (nSPS) is 18.5. The number of hydrogen-bond acceptors (Lipinski definition) is 3. The number of carbonyl (C=O) groups excluding carboxylic acids is 1. The van der Waals surface area contributed by atoms with Crippen LogP contribution in [0.5, 0.6) is 0 Å². The monoisotopic (exact) mass is 223 g/mol. The Kier molecular flexibility index (Phi) is 2.94. The number of Topliss-reactive ketones (excluding diaryl/α,β-unsaturated/α-hetero) is 1.